The van der Waals surface area contributed by atoms with E-state index in [0.29, 0.717) is 5.75 Å². The summed E-state index contributed by atoms with van der Waals surface area (Å²) < 4.78 is 38.9. The van der Waals surface area contributed by atoms with Gasteiger partial charge < -0.3 is 5.73 Å². The van der Waals surface area contributed by atoms with Gasteiger partial charge in [-0.05, 0) is 18.6 Å². The van der Waals surface area contributed by atoms with Crippen LogP contribution in [0.25, 0.3) is 0 Å². The van der Waals surface area contributed by atoms with Gasteiger partial charge in [0.25, 0.3) is 0 Å². The Labute approximate surface area is 115 Å². The van der Waals surface area contributed by atoms with Gasteiger partial charge in [-0.3, -0.25) is 4.21 Å². The fourth-order valence-electron chi connectivity index (χ4n) is 1.91. The minimum Gasteiger partial charge on any atom is -0.399 e. The highest BCUT2D eigenvalue weighted by atomic mass is 32.2. The summed E-state index contributed by atoms with van der Waals surface area (Å²) >= 11 is 0. The Balaban J connectivity index is 2.46. The number of hydrogen-bond acceptors (Lipinski definition) is 2. The maximum atomic E-state index is 13.5. The van der Waals surface area contributed by atoms with Crippen LogP contribution in [0.3, 0.4) is 0 Å². The molecule has 0 aliphatic heterocycles. The standard InChI is InChI=1S/C14H21F2NOS/c1-2-3-4-5-6-7-8-19(18)14-12(15)9-11(17)10-13(14)16/h9-10H,2-8,17H2,1H3. The van der Waals surface area contributed by atoms with Crippen molar-refractivity contribution in [2.24, 2.45) is 0 Å². The van der Waals surface area contributed by atoms with Gasteiger partial charge in [0.15, 0.2) is 0 Å². The zero-order chi connectivity index (χ0) is 14.3. The van der Waals surface area contributed by atoms with Crippen LogP contribution in [0.1, 0.15) is 45.4 Å². The van der Waals surface area contributed by atoms with E-state index in [1.165, 1.54) is 12.8 Å². The van der Waals surface area contributed by atoms with Crippen LogP contribution in [0.4, 0.5) is 14.5 Å². The topological polar surface area (TPSA) is 43.1 Å². The molecule has 2 N–H and O–H groups in total. The van der Waals surface area contributed by atoms with Crippen LogP contribution in [0.15, 0.2) is 17.0 Å². The van der Waals surface area contributed by atoms with Gasteiger partial charge in [0.1, 0.15) is 16.5 Å². The highest BCUT2D eigenvalue weighted by Crippen LogP contribution is 2.21. The highest BCUT2D eigenvalue weighted by molar-refractivity contribution is 7.85. The number of hydrogen-bond donors (Lipinski definition) is 1. The summed E-state index contributed by atoms with van der Waals surface area (Å²) in [5.41, 5.74) is 5.33. The van der Waals surface area contributed by atoms with Crippen molar-refractivity contribution in [2.75, 3.05) is 11.5 Å². The van der Waals surface area contributed by atoms with E-state index >= 15 is 0 Å². The lowest BCUT2D eigenvalue weighted by Crippen LogP contribution is -2.05. The predicted octanol–water partition coefficient (Wildman–Crippen LogP) is 4.02. The lowest BCUT2D eigenvalue weighted by atomic mass is 10.1. The van der Waals surface area contributed by atoms with Crippen molar-refractivity contribution < 1.29 is 13.0 Å². The van der Waals surface area contributed by atoms with Crippen LogP contribution in [-0.4, -0.2) is 9.96 Å². The highest BCUT2D eigenvalue weighted by Gasteiger charge is 2.16. The molecule has 0 bridgehead atoms. The Bertz CT molecular complexity index is 414. The third-order valence-electron chi connectivity index (χ3n) is 2.93. The lowest BCUT2D eigenvalue weighted by Gasteiger charge is -2.06. The SMILES string of the molecule is CCCCCCCCS(=O)c1c(F)cc(N)cc1F. The number of anilines is 1. The monoisotopic (exact) mass is 289 g/mol. The molecule has 0 amide bonds. The number of nitrogens with two attached hydrogens (primary N) is 1. The first-order valence-electron chi connectivity index (χ1n) is 6.69. The quantitative estimate of drug-likeness (QED) is 0.580. The smallest absolute Gasteiger partial charge is 0.144 e. The van der Waals surface area contributed by atoms with Gasteiger partial charge in [0.05, 0.1) is 10.8 Å². The Morgan fingerprint density at radius 1 is 1.05 bits per heavy atom. The molecule has 0 aliphatic carbocycles. The largest absolute Gasteiger partial charge is 0.399 e. The van der Waals surface area contributed by atoms with Crippen molar-refractivity contribution in [3.05, 3.63) is 23.8 Å². The lowest BCUT2D eigenvalue weighted by molar-refractivity contribution is 0.535. The zero-order valence-corrected chi connectivity index (χ0v) is 12.1. The van der Waals surface area contributed by atoms with E-state index in [4.69, 9.17) is 5.73 Å². The molecule has 0 saturated carbocycles. The molecule has 0 saturated heterocycles. The van der Waals surface area contributed by atoms with Crippen LogP contribution in [-0.2, 0) is 10.8 Å². The van der Waals surface area contributed by atoms with Gasteiger partial charge in [0, 0.05) is 11.4 Å². The van der Waals surface area contributed by atoms with E-state index in [-0.39, 0.29) is 10.6 Å². The van der Waals surface area contributed by atoms with Crippen molar-refractivity contribution in [3.63, 3.8) is 0 Å². The molecule has 1 rings (SSSR count). The third-order valence-corrected chi connectivity index (χ3v) is 4.44. The molecule has 0 spiro atoms. The van der Waals surface area contributed by atoms with E-state index in [9.17, 15) is 13.0 Å². The van der Waals surface area contributed by atoms with Crippen LogP contribution >= 0.6 is 0 Å². The molecular formula is C14H21F2NOS. The first-order valence-corrected chi connectivity index (χ1v) is 8.01. The van der Waals surface area contributed by atoms with Gasteiger partial charge in [-0.15, -0.1) is 0 Å². The second kappa shape index (κ2) is 8.25. The molecule has 2 nitrogen and oxygen atoms in total. The van der Waals surface area contributed by atoms with Crippen molar-refractivity contribution >= 4 is 16.5 Å². The molecule has 0 aliphatic rings. The van der Waals surface area contributed by atoms with Gasteiger partial charge in [-0.2, -0.15) is 0 Å². The average Bonchev–Trinajstić information content (AvgIpc) is 2.32. The minimum absolute atomic E-state index is 0.00955. The molecule has 1 aromatic carbocycles. The fourth-order valence-corrected chi connectivity index (χ4v) is 3.14. The molecule has 108 valence electrons. The van der Waals surface area contributed by atoms with E-state index in [2.05, 4.69) is 6.92 Å². The molecule has 0 aromatic heterocycles. The summed E-state index contributed by atoms with van der Waals surface area (Å²) in [5.74, 6) is -1.34. The van der Waals surface area contributed by atoms with Crippen molar-refractivity contribution in [1.29, 1.82) is 0 Å². The predicted molar refractivity (Wildman–Crippen MR) is 75.4 cm³/mol. The number of benzene rings is 1. The minimum atomic E-state index is -1.63. The van der Waals surface area contributed by atoms with Gasteiger partial charge >= 0.3 is 0 Å². The number of halogens is 2. The first-order chi connectivity index (χ1) is 9.06. The number of nitrogen functional groups attached to an aromatic ring is 1. The summed E-state index contributed by atoms with van der Waals surface area (Å²) in [4.78, 5) is -0.345. The summed E-state index contributed by atoms with van der Waals surface area (Å²) in [5, 5.41) is 0. The van der Waals surface area contributed by atoms with Crippen LogP contribution in [0, 0.1) is 11.6 Å². The Morgan fingerprint density at radius 3 is 2.16 bits per heavy atom. The van der Waals surface area contributed by atoms with Crippen molar-refractivity contribution in [2.45, 2.75) is 50.3 Å². The molecule has 5 heteroatoms. The van der Waals surface area contributed by atoms with E-state index in [0.717, 1.165) is 37.8 Å². The molecule has 0 radical (unpaired) electrons. The average molecular weight is 289 g/mol. The summed E-state index contributed by atoms with van der Waals surface area (Å²) in [6.45, 7) is 2.14. The maximum absolute atomic E-state index is 13.5. The number of unbranched alkanes of at least 4 members (excludes halogenated alkanes) is 5. The Morgan fingerprint density at radius 2 is 1.58 bits per heavy atom. The summed E-state index contributed by atoms with van der Waals surface area (Å²) in [6, 6.07) is 2.02. The van der Waals surface area contributed by atoms with Gasteiger partial charge in [-0.25, -0.2) is 8.78 Å². The first kappa shape index (κ1) is 16.1. The Kier molecular flexibility index (Phi) is 6.99. The fraction of sp³-hybridized carbons (Fsp3) is 0.571. The van der Waals surface area contributed by atoms with E-state index in [1.54, 1.807) is 0 Å². The van der Waals surface area contributed by atoms with Crippen molar-refractivity contribution in [3.8, 4) is 0 Å². The molecular weight excluding hydrogens is 268 g/mol. The molecule has 1 aromatic rings. The molecule has 1 unspecified atom stereocenters. The van der Waals surface area contributed by atoms with Crippen LogP contribution < -0.4 is 5.73 Å². The molecule has 0 fully saturated rings. The molecule has 19 heavy (non-hydrogen) atoms. The van der Waals surface area contributed by atoms with Gasteiger partial charge in [0.2, 0.25) is 0 Å². The Hall–Kier alpha value is -0.970. The number of rotatable bonds is 8. The summed E-state index contributed by atoms with van der Waals surface area (Å²) in [7, 11) is -1.63. The van der Waals surface area contributed by atoms with E-state index in [1.807, 2.05) is 0 Å². The van der Waals surface area contributed by atoms with Crippen LogP contribution in [0.2, 0.25) is 0 Å². The molecule has 1 atom stereocenters. The second-order valence-corrected chi connectivity index (χ2v) is 6.14. The van der Waals surface area contributed by atoms with Crippen LogP contribution in [0.5, 0.6) is 0 Å². The van der Waals surface area contributed by atoms with Crippen molar-refractivity contribution in [1.82, 2.24) is 0 Å². The molecule has 0 heterocycles. The maximum Gasteiger partial charge on any atom is 0.144 e. The third kappa shape index (κ3) is 5.27. The normalized spacial score (nSPS) is 12.6. The zero-order valence-electron chi connectivity index (χ0n) is 11.3. The van der Waals surface area contributed by atoms with E-state index < -0.39 is 22.4 Å². The summed E-state index contributed by atoms with van der Waals surface area (Å²) in [6.07, 6.45) is 6.28. The van der Waals surface area contributed by atoms with Gasteiger partial charge in [-0.1, -0.05) is 39.0 Å². The second-order valence-electron chi connectivity index (χ2n) is 4.63.